The Morgan fingerprint density at radius 2 is 1.81 bits per heavy atom. The lowest BCUT2D eigenvalue weighted by Crippen LogP contribution is -2.31. The van der Waals surface area contributed by atoms with Crippen LogP contribution in [0.2, 0.25) is 0 Å². The fourth-order valence-corrected chi connectivity index (χ4v) is 1.56. The molecule has 0 aromatic carbocycles. The van der Waals surface area contributed by atoms with Crippen LogP contribution in [0.3, 0.4) is 0 Å². The summed E-state index contributed by atoms with van der Waals surface area (Å²) >= 11 is 0. The standard InChI is InChI=1S/C8H15NO6S/c9-6(3-4-8(11)12)7(10)2-1-5-16(13,14)15/h6H,1-5,9H2,(H,11,12)(H,13,14,15). The van der Waals surface area contributed by atoms with E-state index < -0.39 is 33.7 Å². The molecule has 8 heteroatoms. The largest absolute Gasteiger partial charge is 0.481 e. The smallest absolute Gasteiger partial charge is 0.303 e. The van der Waals surface area contributed by atoms with Crippen molar-refractivity contribution in [2.75, 3.05) is 5.75 Å². The molecule has 0 bridgehead atoms. The molecule has 94 valence electrons. The molecule has 0 radical (unpaired) electrons. The van der Waals surface area contributed by atoms with Gasteiger partial charge < -0.3 is 10.8 Å². The Balaban J connectivity index is 3.84. The van der Waals surface area contributed by atoms with E-state index in [2.05, 4.69) is 0 Å². The summed E-state index contributed by atoms with van der Waals surface area (Å²) in [6.45, 7) is 0. The molecule has 0 heterocycles. The minimum atomic E-state index is -4.06. The zero-order valence-corrected chi connectivity index (χ0v) is 9.44. The maximum absolute atomic E-state index is 11.2. The van der Waals surface area contributed by atoms with Gasteiger partial charge in [0.2, 0.25) is 0 Å². The van der Waals surface area contributed by atoms with E-state index in [1.807, 2.05) is 0 Å². The third kappa shape index (κ3) is 8.33. The summed E-state index contributed by atoms with van der Waals surface area (Å²) in [6.07, 6.45) is -0.274. The predicted octanol–water partition coefficient (Wildman–Crippen LogP) is -0.584. The number of ketones is 1. The number of carboxylic acids is 1. The number of Topliss-reactive ketones (excluding diaryl/α,β-unsaturated/α-hetero) is 1. The number of nitrogens with two attached hydrogens (primary N) is 1. The molecule has 0 saturated heterocycles. The first kappa shape index (κ1) is 15.0. The third-order valence-corrected chi connectivity index (χ3v) is 2.71. The van der Waals surface area contributed by atoms with Gasteiger partial charge in [0.25, 0.3) is 10.1 Å². The zero-order chi connectivity index (χ0) is 12.8. The summed E-state index contributed by atoms with van der Waals surface area (Å²) in [7, 11) is -4.06. The minimum absolute atomic E-state index is 0.0154. The Labute approximate surface area is 93.4 Å². The van der Waals surface area contributed by atoms with E-state index in [-0.39, 0.29) is 25.7 Å². The van der Waals surface area contributed by atoms with Gasteiger partial charge in [0.15, 0.2) is 0 Å². The van der Waals surface area contributed by atoms with Gasteiger partial charge in [0.05, 0.1) is 11.8 Å². The van der Waals surface area contributed by atoms with Crippen LogP contribution in [-0.2, 0) is 19.7 Å². The molecule has 0 fully saturated rings. The van der Waals surface area contributed by atoms with Gasteiger partial charge in [-0.15, -0.1) is 0 Å². The van der Waals surface area contributed by atoms with E-state index in [1.165, 1.54) is 0 Å². The van der Waals surface area contributed by atoms with Crippen molar-refractivity contribution in [1.29, 1.82) is 0 Å². The molecule has 16 heavy (non-hydrogen) atoms. The van der Waals surface area contributed by atoms with E-state index in [1.54, 1.807) is 0 Å². The number of rotatable bonds is 8. The second-order valence-corrected chi connectivity index (χ2v) is 4.97. The topological polar surface area (TPSA) is 135 Å². The summed E-state index contributed by atoms with van der Waals surface area (Å²) in [5.41, 5.74) is 5.39. The van der Waals surface area contributed by atoms with Crippen LogP contribution in [0.15, 0.2) is 0 Å². The molecule has 0 spiro atoms. The summed E-state index contributed by atoms with van der Waals surface area (Å²) in [4.78, 5) is 21.4. The lowest BCUT2D eigenvalue weighted by molar-refractivity contribution is -0.137. The maximum Gasteiger partial charge on any atom is 0.303 e. The Bertz CT molecular complexity index is 350. The van der Waals surface area contributed by atoms with Crippen LogP contribution in [0.1, 0.15) is 25.7 Å². The highest BCUT2D eigenvalue weighted by molar-refractivity contribution is 7.85. The van der Waals surface area contributed by atoms with Gasteiger partial charge >= 0.3 is 5.97 Å². The molecule has 0 aromatic heterocycles. The van der Waals surface area contributed by atoms with Crippen molar-refractivity contribution in [3.8, 4) is 0 Å². The van der Waals surface area contributed by atoms with Crippen LogP contribution < -0.4 is 5.73 Å². The highest BCUT2D eigenvalue weighted by Gasteiger charge is 2.15. The van der Waals surface area contributed by atoms with Crippen molar-refractivity contribution in [2.45, 2.75) is 31.7 Å². The molecule has 1 unspecified atom stereocenters. The van der Waals surface area contributed by atoms with E-state index >= 15 is 0 Å². The fraction of sp³-hybridized carbons (Fsp3) is 0.750. The van der Waals surface area contributed by atoms with E-state index in [0.717, 1.165) is 0 Å². The maximum atomic E-state index is 11.2. The first-order chi connectivity index (χ1) is 7.22. The molecule has 0 rings (SSSR count). The SMILES string of the molecule is NC(CCC(=O)O)C(=O)CCCS(=O)(=O)O. The summed E-state index contributed by atoms with van der Waals surface area (Å²) in [6, 6.07) is -0.891. The average molecular weight is 253 g/mol. The van der Waals surface area contributed by atoms with Gasteiger partial charge in [-0.3, -0.25) is 14.1 Å². The quantitative estimate of drug-likeness (QED) is 0.492. The van der Waals surface area contributed by atoms with Crippen molar-refractivity contribution < 1.29 is 27.7 Å². The van der Waals surface area contributed by atoms with Gasteiger partial charge in [-0.1, -0.05) is 0 Å². The molecule has 0 saturated carbocycles. The average Bonchev–Trinajstić information content (AvgIpc) is 2.11. The number of carboxylic acid groups (broad SMARTS) is 1. The zero-order valence-electron chi connectivity index (χ0n) is 8.63. The van der Waals surface area contributed by atoms with Gasteiger partial charge in [-0.05, 0) is 12.8 Å². The van der Waals surface area contributed by atoms with Crippen molar-refractivity contribution in [1.82, 2.24) is 0 Å². The van der Waals surface area contributed by atoms with E-state index in [9.17, 15) is 18.0 Å². The highest BCUT2D eigenvalue weighted by Crippen LogP contribution is 2.02. The second-order valence-electron chi connectivity index (χ2n) is 3.39. The lowest BCUT2D eigenvalue weighted by Gasteiger charge is -2.08. The number of carbonyl (C=O) groups is 2. The summed E-state index contributed by atoms with van der Waals surface area (Å²) in [5.74, 6) is -1.93. The predicted molar refractivity (Wildman–Crippen MR) is 55.5 cm³/mol. The molecule has 0 amide bonds. The summed E-state index contributed by atoms with van der Waals surface area (Å²) < 4.78 is 29.1. The van der Waals surface area contributed by atoms with Crippen molar-refractivity contribution >= 4 is 21.9 Å². The first-order valence-corrected chi connectivity index (χ1v) is 6.28. The number of hydrogen-bond acceptors (Lipinski definition) is 5. The van der Waals surface area contributed by atoms with E-state index in [4.69, 9.17) is 15.4 Å². The Kier molecular flexibility index (Phi) is 6.16. The molecular weight excluding hydrogens is 238 g/mol. The van der Waals surface area contributed by atoms with Gasteiger partial charge in [0, 0.05) is 12.8 Å². The molecule has 7 nitrogen and oxygen atoms in total. The number of hydrogen-bond donors (Lipinski definition) is 3. The van der Waals surface area contributed by atoms with Crippen LogP contribution >= 0.6 is 0 Å². The van der Waals surface area contributed by atoms with Crippen molar-refractivity contribution in [3.63, 3.8) is 0 Å². The monoisotopic (exact) mass is 253 g/mol. The molecule has 4 N–H and O–H groups in total. The molecule has 0 aliphatic heterocycles. The fourth-order valence-electron chi connectivity index (χ4n) is 1.05. The second kappa shape index (κ2) is 6.56. The van der Waals surface area contributed by atoms with Crippen molar-refractivity contribution in [2.24, 2.45) is 5.73 Å². The third-order valence-electron chi connectivity index (χ3n) is 1.91. The molecule has 0 aliphatic rings. The van der Waals surface area contributed by atoms with E-state index in [0.29, 0.717) is 0 Å². The molecule has 0 aromatic rings. The molecule has 0 aliphatic carbocycles. The van der Waals surface area contributed by atoms with Crippen LogP contribution in [0.25, 0.3) is 0 Å². The number of aliphatic carboxylic acids is 1. The number of carbonyl (C=O) groups excluding carboxylic acids is 1. The molecule has 1 atom stereocenters. The van der Waals surface area contributed by atoms with Gasteiger partial charge in [-0.25, -0.2) is 0 Å². The Hall–Kier alpha value is -0.990. The van der Waals surface area contributed by atoms with Gasteiger partial charge in [0.1, 0.15) is 5.78 Å². The Morgan fingerprint density at radius 1 is 1.25 bits per heavy atom. The van der Waals surface area contributed by atoms with Crippen molar-refractivity contribution in [3.05, 3.63) is 0 Å². The van der Waals surface area contributed by atoms with Crippen LogP contribution in [0.5, 0.6) is 0 Å². The summed E-state index contributed by atoms with van der Waals surface area (Å²) in [5, 5.41) is 8.35. The Morgan fingerprint density at radius 3 is 2.25 bits per heavy atom. The highest BCUT2D eigenvalue weighted by atomic mass is 32.2. The minimum Gasteiger partial charge on any atom is -0.481 e. The lowest BCUT2D eigenvalue weighted by atomic mass is 10.0. The van der Waals surface area contributed by atoms with Crippen LogP contribution in [0, 0.1) is 0 Å². The molecular formula is C8H15NO6S. The first-order valence-electron chi connectivity index (χ1n) is 4.67. The van der Waals surface area contributed by atoms with Crippen LogP contribution in [0.4, 0.5) is 0 Å². The van der Waals surface area contributed by atoms with Gasteiger partial charge in [-0.2, -0.15) is 8.42 Å². The van der Waals surface area contributed by atoms with Crippen LogP contribution in [-0.4, -0.2) is 41.6 Å². The normalized spacial score (nSPS) is 13.4.